The van der Waals surface area contributed by atoms with Crippen LogP contribution in [0.25, 0.3) is 11.4 Å². The van der Waals surface area contributed by atoms with Crippen molar-refractivity contribution in [1.82, 2.24) is 19.8 Å². The number of sulfonamides is 1. The molecule has 1 heterocycles. The molecule has 2 aromatic carbocycles. The van der Waals surface area contributed by atoms with Gasteiger partial charge in [-0.15, -0.1) is 0 Å². The highest BCUT2D eigenvalue weighted by Crippen LogP contribution is 2.21. The zero-order chi connectivity index (χ0) is 22.4. The molecule has 0 saturated carbocycles. The minimum atomic E-state index is -3.46. The van der Waals surface area contributed by atoms with E-state index in [4.69, 9.17) is 9.26 Å². The molecular weight excluding hydrogens is 416 g/mol. The topological polar surface area (TPSA) is 97.6 Å². The summed E-state index contributed by atoms with van der Waals surface area (Å²) >= 11 is 0. The number of nitrogens with one attached hydrogen (secondary N) is 1. The lowest BCUT2D eigenvalue weighted by molar-refractivity contribution is 0.360. The second-order valence-corrected chi connectivity index (χ2v) is 8.94. The predicted molar refractivity (Wildman–Crippen MR) is 118 cm³/mol. The number of hydrogen-bond donors (Lipinski definition) is 1. The van der Waals surface area contributed by atoms with Crippen molar-refractivity contribution in [3.63, 3.8) is 0 Å². The quantitative estimate of drug-likeness (QED) is 0.510. The maximum atomic E-state index is 12.6. The molecule has 3 aromatic rings. The Labute approximate surface area is 183 Å². The van der Waals surface area contributed by atoms with Crippen LogP contribution in [0, 0.1) is 0 Å². The molecule has 3 rings (SSSR count). The predicted octanol–water partition coefficient (Wildman–Crippen LogP) is 3.63. The second kappa shape index (κ2) is 10.0. The van der Waals surface area contributed by atoms with Crippen LogP contribution in [-0.2, 0) is 16.6 Å². The molecule has 9 heteroatoms. The van der Waals surface area contributed by atoms with Gasteiger partial charge in [0, 0.05) is 24.7 Å². The fourth-order valence-corrected chi connectivity index (χ4v) is 4.64. The summed E-state index contributed by atoms with van der Waals surface area (Å²) < 4.78 is 37.2. The van der Waals surface area contributed by atoms with Crippen LogP contribution in [0.5, 0.6) is 5.75 Å². The number of benzene rings is 2. The molecule has 8 nitrogen and oxygen atoms in total. The molecule has 0 saturated heterocycles. The molecule has 1 atom stereocenters. The van der Waals surface area contributed by atoms with Gasteiger partial charge < -0.3 is 14.6 Å². The normalized spacial score (nSPS) is 12.8. The lowest BCUT2D eigenvalue weighted by Gasteiger charge is -2.19. The van der Waals surface area contributed by atoms with E-state index in [2.05, 4.69) is 15.5 Å². The van der Waals surface area contributed by atoms with Gasteiger partial charge in [0.1, 0.15) is 5.75 Å². The number of nitrogens with zero attached hydrogens (tertiary/aromatic N) is 3. The zero-order valence-electron chi connectivity index (χ0n) is 18.2. The van der Waals surface area contributed by atoms with Crippen LogP contribution in [0.3, 0.4) is 0 Å². The minimum absolute atomic E-state index is 0.0263. The van der Waals surface area contributed by atoms with Crippen LogP contribution in [0.1, 0.15) is 38.3 Å². The third-order valence-corrected chi connectivity index (χ3v) is 7.16. The molecule has 0 bridgehead atoms. The molecule has 1 unspecified atom stereocenters. The van der Waals surface area contributed by atoms with Gasteiger partial charge in [0.2, 0.25) is 21.7 Å². The molecule has 0 amide bonds. The van der Waals surface area contributed by atoms with E-state index in [1.165, 1.54) is 4.31 Å². The number of hydrogen-bond acceptors (Lipinski definition) is 7. The van der Waals surface area contributed by atoms with Crippen molar-refractivity contribution in [3.8, 4) is 17.1 Å². The van der Waals surface area contributed by atoms with E-state index in [0.717, 1.165) is 16.9 Å². The third-order valence-electron chi connectivity index (χ3n) is 5.10. The van der Waals surface area contributed by atoms with Gasteiger partial charge in [0.25, 0.3) is 0 Å². The summed E-state index contributed by atoms with van der Waals surface area (Å²) in [4.78, 5) is 4.72. The first-order valence-corrected chi connectivity index (χ1v) is 11.6. The molecule has 0 spiro atoms. The number of ether oxygens (including phenoxy) is 1. The Morgan fingerprint density at radius 2 is 1.71 bits per heavy atom. The molecule has 166 valence electrons. The smallest absolute Gasteiger partial charge is 0.243 e. The number of aromatic nitrogens is 2. The molecule has 0 aliphatic heterocycles. The minimum Gasteiger partial charge on any atom is -0.497 e. The van der Waals surface area contributed by atoms with E-state index in [1.54, 1.807) is 19.2 Å². The first-order chi connectivity index (χ1) is 14.9. The van der Waals surface area contributed by atoms with Crippen LogP contribution >= 0.6 is 0 Å². The summed E-state index contributed by atoms with van der Waals surface area (Å²) in [7, 11) is -1.84. The van der Waals surface area contributed by atoms with Gasteiger partial charge in [0.15, 0.2) is 0 Å². The van der Waals surface area contributed by atoms with Gasteiger partial charge in [-0.2, -0.15) is 9.29 Å². The first kappa shape index (κ1) is 22.9. The lowest BCUT2D eigenvalue weighted by Crippen LogP contribution is -2.30. The molecule has 1 N–H and O–H groups in total. The number of rotatable bonds is 10. The van der Waals surface area contributed by atoms with E-state index in [1.807, 2.05) is 57.2 Å². The van der Waals surface area contributed by atoms with Crippen molar-refractivity contribution in [2.24, 2.45) is 0 Å². The van der Waals surface area contributed by atoms with Crippen molar-refractivity contribution in [1.29, 1.82) is 0 Å². The Hall–Kier alpha value is -2.75. The van der Waals surface area contributed by atoms with Crippen molar-refractivity contribution in [2.75, 3.05) is 20.2 Å². The fraction of sp³-hybridized carbons (Fsp3) is 0.364. The van der Waals surface area contributed by atoms with Gasteiger partial charge >= 0.3 is 0 Å². The summed E-state index contributed by atoms with van der Waals surface area (Å²) in [6, 6.07) is 14.3. The van der Waals surface area contributed by atoms with E-state index in [-0.39, 0.29) is 6.04 Å². The van der Waals surface area contributed by atoms with Crippen molar-refractivity contribution < 1.29 is 17.7 Å². The Morgan fingerprint density at radius 1 is 1.06 bits per heavy atom. The summed E-state index contributed by atoms with van der Waals surface area (Å²) in [6.45, 7) is 6.94. The third kappa shape index (κ3) is 5.30. The van der Waals surface area contributed by atoms with E-state index < -0.39 is 10.0 Å². The van der Waals surface area contributed by atoms with Crippen molar-refractivity contribution in [2.45, 2.75) is 38.3 Å². The van der Waals surface area contributed by atoms with Gasteiger partial charge in [-0.25, -0.2) is 8.42 Å². The highest BCUT2D eigenvalue weighted by atomic mass is 32.2. The summed E-state index contributed by atoms with van der Waals surface area (Å²) in [5.74, 6) is 1.75. The molecule has 0 fully saturated rings. The fourth-order valence-electron chi connectivity index (χ4n) is 3.18. The molecule has 0 aliphatic rings. The maximum absolute atomic E-state index is 12.6. The van der Waals surface area contributed by atoms with Crippen LogP contribution in [0.2, 0.25) is 0 Å². The second-order valence-electron chi connectivity index (χ2n) is 7.00. The largest absolute Gasteiger partial charge is 0.497 e. The van der Waals surface area contributed by atoms with Gasteiger partial charge in [-0.3, -0.25) is 0 Å². The van der Waals surface area contributed by atoms with Crippen LogP contribution in [-0.4, -0.2) is 43.1 Å². The number of methoxy groups -OCH3 is 1. The lowest BCUT2D eigenvalue weighted by atomic mass is 10.1. The van der Waals surface area contributed by atoms with E-state index in [0.29, 0.717) is 36.2 Å². The Balaban J connectivity index is 1.62. The van der Waals surface area contributed by atoms with Crippen LogP contribution < -0.4 is 10.1 Å². The molecule has 0 radical (unpaired) electrons. The van der Waals surface area contributed by atoms with Crippen molar-refractivity contribution >= 4 is 10.0 Å². The van der Waals surface area contributed by atoms with E-state index in [9.17, 15) is 8.42 Å². The van der Waals surface area contributed by atoms with Crippen molar-refractivity contribution in [3.05, 3.63) is 60.0 Å². The monoisotopic (exact) mass is 444 g/mol. The summed E-state index contributed by atoms with van der Waals surface area (Å²) in [6.07, 6.45) is 0. The van der Waals surface area contributed by atoms with Gasteiger partial charge in [-0.05, 0) is 48.9 Å². The van der Waals surface area contributed by atoms with Gasteiger partial charge in [-0.1, -0.05) is 31.1 Å². The first-order valence-electron chi connectivity index (χ1n) is 10.2. The molecular formula is C22H28N4O4S. The highest BCUT2D eigenvalue weighted by Gasteiger charge is 2.21. The Bertz CT molecular complexity index is 1080. The molecule has 0 aliphatic carbocycles. The van der Waals surface area contributed by atoms with Crippen LogP contribution in [0.4, 0.5) is 0 Å². The van der Waals surface area contributed by atoms with Crippen LogP contribution in [0.15, 0.2) is 57.9 Å². The van der Waals surface area contributed by atoms with E-state index >= 15 is 0 Å². The van der Waals surface area contributed by atoms with Gasteiger partial charge in [0.05, 0.1) is 18.6 Å². The summed E-state index contributed by atoms with van der Waals surface area (Å²) in [5, 5.41) is 7.35. The molecule has 31 heavy (non-hydrogen) atoms. The highest BCUT2D eigenvalue weighted by molar-refractivity contribution is 7.89. The Morgan fingerprint density at radius 3 is 2.29 bits per heavy atom. The SMILES string of the molecule is CCN(CC)S(=O)(=O)c1ccc(C(C)NCc2nc(-c3ccc(OC)cc3)no2)cc1. The summed E-state index contributed by atoms with van der Waals surface area (Å²) in [5.41, 5.74) is 1.81. The molecule has 1 aromatic heterocycles. The zero-order valence-corrected chi connectivity index (χ0v) is 19.0. The average Bonchev–Trinajstić information content (AvgIpc) is 3.27. The average molecular weight is 445 g/mol. The maximum Gasteiger partial charge on any atom is 0.243 e. The Kier molecular flexibility index (Phi) is 7.42. The standard InChI is InChI=1S/C22H28N4O4S/c1-5-26(6-2)31(27,28)20-13-9-17(10-14-20)16(3)23-15-21-24-22(25-30-21)18-7-11-19(29-4)12-8-18/h7-14,16,23H,5-6,15H2,1-4H3.